The Morgan fingerprint density at radius 3 is 2.55 bits per heavy atom. The van der Waals surface area contributed by atoms with E-state index in [1.807, 2.05) is 6.07 Å². The standard InChI is InChI=1S/C31H43F2N9O2/c32-28(33)27-25(36-30(43)24-19-35-41-12-5-26(37-29(24)41)40-15-17-44-18-16-40)21-42(38-27)23-3-1-22(2-4-23)20-39-13-8-31(9-14-39)6-10-34-11-7-31/h5,12,19,21-23,28,34H,1-4,6-11,13-18,20H2,(H,36,43). The second-order valence-electron chi connectivity index (χ2n) is 13.1. The third-order valence-corrected chi connectivity index (χ3v) is 10.4. The summed E-state index contributed by atoms with van der Waals surface area (Å²) in [5.41, 5.74) is 0.783. The predicted octanol–water partition coefficient (Wildman–Crippen LogP) is 4.15. The number of alkyl halides is 2. The highest BCUT2D eigenvalue weighted by atomic mass is 19.3. The Morgan fingerprint density at radius 1 is 1.07 bits per heavy atom. The first-order chi connectivity index (χ1) is 21.5. The van der Waals surface area contributed by atoms with E-state index in [0.717, 1.165) is 51.1 Å². The van der Waals surface area contributed by atoms with Gasteiger partial charge in [0.2, 0.25) is 0 Å². The van der Waals surface area contributed by atoms with Crippen LogP contribution in [0.15, 0.2) is 24.7 Å². The third-order valence-electron chi connectivity index (χ3n) is 10.4. The molecule has 3 aliphatic heterocycles. The molecule has 4 fully saturated rings. The van der Waals surface area contributed by atoms with Gasteiger partial charge in [-0.15, -0.1) is 0 Å². The van der Waals surface area contributed by atoms with Crippen LogP contribution < -0.4 is 15.5 Å². The Labute approximate surface area is 256 Å². The zero-order valence-corrected chi connectivity index (χ0v) is 25.3. The maximum absolute atomic E-state index is 14.1. The van der Waals surface area contributed by atoms with Crippen LogP contribution in [0.1, 0.15) is 79.9 Å². The molecule has 0 bridgehead atoms. The molecule has 3 saturated heterocycles. The van der Waals surface area contributed by atoms with Crippen LogP contribution in [-0.2, 0) is 4.74 Å². The van der Waals surface area contributed by atoms with Gasteiger partial charge in [0, 0.05) is 32.0 Å². The summed E-state index contributed by atoms with van der Waals surface area (Å²) in [6, 6.07) is 1.89. The molecule has 6 heterocycles. The molecule has 1 aliphatic carbocycles. The number of halogens is 2. The second-order valence-corrected chi connectivity index (χ2v) is 13.1. The molecular weight excluding hydrogens is 568 g/mol. The van der Waals surface area contributed by atoms with Crippen molar-refractivity contribution in [3.63, 3.8) is 0 Å². The van der Waals surface area contributed by atoms with Gasteiger partial charge in [-0.3, -0.25) is 9.48 Å². The van der Waals surface area contributed by atoms with Crippen LogP contribution in [0.5, 0.6) is 0 Å². The molecule has 0 unspecified atom stereocenters. The molecule has 1 spiro atoms. The van der Waals surface area contributed by atoms with Gasteiger partial charge in [-0.1, -0.05) is 0 Å². The fraction of sp³-hybridized carbons (Fsp3) is 0.677. The lowest BCUT2D eigenvalue weighted by Gasteiger charge is -2.45. The maximum atomic E-state index is 14.1. The molecule has 0 radical (unpaired) electrons. The first-order valence-electron chi connectivity index (χ1n) is 16.3. The van der Waals surface area contributed by atoms with Crippen molar-refractivity contribution in [2.75, 3.05) is 69.2 Å². The summed E-state index contributed by atoms with van der Waals surface area (Å²) in [6.45, 7) is 8.45. The molecule has 4 aliphatic rings. The van der Waals surface area contributed by atoms with Crippen molar-refractivity contribution in [3.8, 4) is 0 Å². The van der Waals surface area contributed by atoms with Crippen LogP contribution in [0.2, 0.25) is 0 Å². The fourth-order valence-electron chi connectivity index (χ4n) is 7.65. The monoisotopic (exact) mass is 611 g/mol. The van der Waals surface area contributed by atoms with E-state index < -0.39 is 18.0 Å². The van der Waals surface area contributed by atoms with E-state index in [-0.39, 0.29) is 17.3 Å². The van der Waals surface area contributed by atoms with Crippen LogP contribution in [-0.4, -0.2) is 94.2 Å². The molecule has 44 heavy (non-hydrogen) atoms. The summed E-state index contributed by atoms with van der Waals surface area (Å²) >= 11 is 0. The number of amides is 1. The van der Waals surface area contributed by atoms with Crippen molar-refractivity contribution >= 4 is 23.1 Å². The minimum atomic E-state index is -2.81. The van der Waals surface area contributed by atoms with Crippen LogP contribution in [0.4, 0.5) is 20.3 Å². The summed E-state index contributed by atoms with van der Waals surface area (Å²) in [5, 5.41) is 14.7. The Morgan fingerprint density at radius 2 is 1.82 bits per heavy atom. The van der Waals surface area contributed by atoms with E-state index in [1.54, 1.807) is 17.1 Å². The Balaban J connectivity index is 0.977. The van der Waals surface area contributed by atoms with Gasteiger partial charge in [0.1, 0.15) is 11.4 Å². The van der Waals surface area contributed by atoms with Crippen molar-refractivity contribution in [2.45, 2.75) is 63.8 Å². The predicted molar refractivity (Wildman–Crippen MR) is 162 cm³/mol. The number of piperidine rings is 2. The highest BCUT2D eigenvalue weighted by molar-refractivity contribution is 6.08. The lowest BCUT2D eigenvalue weighted by molar-refractivity contribution is 0.0591. The second kappa shape index (κ2) is 12.7. The van der Waals surface area contributed by atoms with Crippen LogP contribution in [0, 0.1) is 11.3 Å². The number of hydrogen-bond acceptors (Lipinski definition) is 8. The van der Waals surface area contributed by atoms with E-state index >= 15 is 0 Å². The highest BCUT2D eigenvalue weighted by Crippen LogP contribution is 2.41. The van der Waals surface area contributed by atoms with E-state index in [9.17, 15) is 13.6 Å². The lowest BCUT2D eigenvalue weighted by atomic mass is 9.71. The molecule has 0 aromatic carbocycles. The zero-order valence-electron chi connectivity index (χ0n) is 25.3. The summed E-state index contributed by atoms with van der Waals surface area (Å²) < 4.78 is 36.8. The van der Waals surface area contributed by atoms with Gasteiger partial charge in [-0.05, 0) is 94.9 Å². The molecule has 11 nitrogen and oxygen atoms in total. The number of carbonyl (C=O) groups excluding carboxylic acids is 1. The molecule has 2 N–H and O–H groups in total. The third kappa shape index (κ3) is 6.18. The molecule has 7 rings (SSSR count). The smallest absolute Gasteiger partial charge is 0.284 e. The first-order valence-corrected chi connectivity index (χ1v) is 16.3. The number of likely N-dealkylation sites (tertiary alicyclic amines) is 1. The number of nitrogens with zero attached hydrogens (tertiary/aromatic N) is 7. The molecule has 3 aromatic heterocycles. The largest absolute Gasteiger partial charge is 0.378 e. The quantitative estimate of drug-likeness (QED) is 0.411. The van der Waals surface area contributed by atoms with Crippen molar-refractivity contribution in [1.29, 1.82) is 0 Å². The molecule has 238 valence electrons. The average molecular weight is 612 g/mol. The minimum absolute atomic E-state index is 0.0379. The number of morpholine rings is 1. The lowest BCUT2D eigenvalue weighted by Crippen LogP contribution is -2.46. The van der Waals surface area contributed by atoms with Crippen LogP contribution in [0.3, 0.4) is 0 Å². The Kier molecular flexibility index (Phi) is 8.52. The first kappa shape index (κ1) is 29.5. The summed E-state index contributed by atoms with van der Waals surface area (Å²) in [4.78, 5) is 22.7. The molecule has 3 aromatic rings. The van der Waals surface area contributed by atoms with E-state index in [4.69, 9.17) is 4.74 Å². The number of aromatic nitrogens is 5. The number of fused-ring (bicyclic) bond motifs is 1. The zero-order chi connectivity index (χ0) is 30.1. The molecule has 1 amide bonds. The summed E-state index contributed by atoms with van der Waals surface area (Å²) in [6.07, 6.45) is 11.1. The number of hydrogen-bond donors (Lipinski definition) is 2. The fourth-order valence-corrected chi connectivity index (χ4v) is 7.65. The van der Waals surface area contributed by atoms with Gasteiger partial charge in [-0.25, -0.2) is 18.3 Å². The Hall–Kier alpha value is -3.16. The van der Waals surface area contributed by atoms with Gasteiger partial charge in [0.05, 0.1) is 31.1 Å². The SMILES string of the molecule is O=C(Nc1cn(C2CCC(CN3CCC4(CCNCC4)CC3)CC2)nc1C(F)F)c1cnn2ccc(N3CCOCC3)nc12. The number of anilines is 2. The summed E-state index contributed by atoms with van der Waals surface area (Å²) in [7, 11) is 0. The molecule has 1 saturated carbocycles. The minimum Gasteiger partial charge on any atom is -0.378 e. The molecule has 13 heteroatoms. The highest BCUT2D eigenvalue weighted by Gasteiger charge is 2.36. The van der Waals surface area contributed by atoms with E-state index in [1.165, 1.54) is 49.5 Å². The van der Waals surface area contributed by atoms with E-state index in [0.29, 0.717) is 43.3 Å². The number of carbonyl (C=O) groups is 1. The normalized spacial score (nSPS) is 24.8. The average Bonchev–Trinajstić information content (AvgIpc) is 3.68. The van der Waals surface area contributed by atoms with Crippen LogP contribution >= 0.6 is 0 Å². The molecule has 0 atom stereocenters. The van der Waals surface area contributed by atoms with E-state index in [2.05, 4.69) is 35.6 Å². The maximum Gasteiger partial charge on any atom is 0.284 e. The van der Waals surface area contributed by atoms with Gasteiger partial charge in [-0.2, -0.15) is 10.2 Å². The number of ether oxygens (including phenoxy) is 1. The van der Waals surface area contributed by atoms with Crippen LogP contribution in [0.25, 0.3) is 5.65 Å². The topological polar surface area (TPSA) is 105 Å². The Bertz CT molecular complexity index is 1430. The van der Waals surface area contributed by atoms with Gasteiger partial charge in [0.25, 0.3) is 12.3 Å². The number of rotatable bonds is 7. The van der Waals surface area contributed by atoms with Crippen molar-refractivity contribution in [2.24, 2.45) is 11.3 Å². The summed E-state index contributed by atoms with van der Waals surface area (Å²) in [5.74, 6) is 0.811. The van der Waals surface area contributed by atoms with Crippen molar-refractivity contribution in [3.05, 3.63) is 35.9 Å². The van der Waals surface area contributed by atoms with Crippen molar-refractivity contribution in [1.82, 2.24) is 34.6 Å². The molecular formula is C31H43F2N9O2. The van der Waals surface area contributed by atoms with Gasteiger partial charge >= 0.3 is 0 Å². The van der Waals surface area contributed by atoms with Crippen molar-refractivity contribution < 1.29 is 18.3 Å². The number of nitrogens with one attached hydrogen (secondary N) is 2. The van der Waals surface area contributed by atoms with Gasteiger partial charge in [0.15, 0.2) is 11.3 Å². The van der Waals surface area contributed by atoms with Gasteiger partial charge < -0.3 is 25.2 Å².